The summed E-state index contributed by atoms with van der Waals surface area (Å²) in [7, 11) is 2.94. The number of halogens is 2. The summed E-state index contributed by atoms with van der Waals surface area (Å²) in [5, 5.41) is 1.85. The van der Waals surface area contributed by atoms with Crippen LogP contribution in [0.5, 0.6) is 11.5 Å². The molecule has 4 rings (SSSR count). The predicted octanol–water partition coefficient (Wildman–Crippen LogP) is 4.37. The van der Waals surface area contributed by atoms with Gasteiger partial charge in [0.1, 0.15) is 27.2 Å². The quantitative estimate of drug-likeness (QED) is 0.260. The van der Waals surface area contributed by atoms with E-state index in [0.717, 1.165) is 0 Å². The minimum atomic E-state index is -0.405. The van der Waals surface area contributed by atoms with Crippen LogP contribution in [0.3, 0.4) is 0 Å². The number of rotatable bonds is 4. The first-order chi connectivity index (χ1) is 14.0. The summed E-state index contributed by atoms with van der Waals surface area (Å²) in [5.41, 5.74) is 0.678. The molecule has 3 aromatic heterocycles. The van der Waals surface area contributed by atoms with Gasteiger partial charge >= 0.3 is 0 Å². The van der Waals surface area contributed by atoms with Gasteiger partial charge in [0.2, 0.25) is 0 Å². The molecule has 148 valence electrons. The fourth-order valence-corrected chi connectivity index (χ4v) is 4.09. The van der Waals surface area contributed by atoms with Crippen molar-refractivity contribution in [3.05, 3.63) is 51.0 Å². The highest BCUT2D eigenvalue weighted by Crippen LogP contribution is 2.43. The number of hydrogen-bond donors (Lipinski definition) is 0. The van der Waals surface area contributed by atoms with Crippen LogP contribution in [0.4, 0.5) is 0 Å². The highest BCUT2D eigenvalue weighted by molar-refractivity contribution is 7.98. The molecular formula is C19H14Cl2N4O3S. The number of ether oxygens (including phenoxy) is 2. The number of methoxy groups -OCH3 is 2. The highest BCUT2D eigenvalue weighted by atomic mass is 35.5. The van der Waals surface area contributed by atoms with Crippen LogP contribution < -0.4 is 15.0 Å². The molecule has 0 saturated heterocycles. The molecule has 0 radical (unpaired) electrons. The van der Waals surface area contributed by atoms with Gasteiger partial charge in [-0.05, 0) is 18.4 Å². The maximum atomic E-state index is 13.5. The van der Waals surface area contributed by atoms with Gasteiger partial charge in [-0.2, -0.15) is 0 Å². The van der Waals surface area contributed by atoms with Crippen molar-refractivity contribution in [3.8, 4) is 17.2 Å². The Morgan fingerprint density at radius 2 is 1.76 bits per heavy atom. The molecule has 10 heteroatoms. The molecule has 0 fully saturated rings. The van der Waals surface area contributed by atoms with Crippen molar-refractivity contribution >= 4 is 56.9 Å². The molecule has 0 bridgehead atoms. The Morgan fingerprint density at radius 3 is 2.38 bits per heavy atom. The summed E-state index contributed by atoms with van der Waals surface area (Å²) in [4.78, 5) is 26.7. The zero-order valence-corrected chi connectivity index (χ0v) is 17.9. The fourth-order valence-electron chi connectivity index (χ4n) is 3.08. The van der Waals surface area contributed by atoms with E-state index in [1.54, 1.807) is 18.3 Å². The molecule has 0 saturated carbocycles. The molecule has 1 aromatic carbocycles. The van der Waals surface area contributed by atoms with Crippen molar-refractivity contribution in [2.45, 2.75) is 5.16 Å². The Labute approximate surface area is 179 Å². The van der Waals surface area contributed by atoms with Gasteiger partial charge in [-0.3, -0.25) is 9.36 Å². The van der Waals surface area contributed by atoms with Crippen LogP contribution in [0.15, 0.2) is 40.5 Å². The normalized spacial score (nSPS) is 11.2. The van der Waals surface area contributed by atoms with Gasteiger partial charge in [0.15, 0.2) is 5.16 Å². The van der Waals surface area contributed by atoms with Crippen molar-refractivity contribution in [2.24, 2.45) is 0 Å². The van der Waals surface area contributed by atoms with E-state index in [4.69, 9.17) is 32.7 Å². The van der Waals surface area contributed by atoms with Crippen LogP contribution in [0.2, 0.25) is 10.0 Å². The largest absolute Gasteiger partial charge is 0.495 e. The summed E-state index contributed by atoms with van der Waals surface area (Å²) in [6.07, 6.45) is 4.95. The molecule has 0 aliphatic carbocycles. The SMILES string of the molecule is COc1cc(OC)c(Cl)c(-n2c(=O)c3cnc(SC)nc3c3cccnc32)c1Cl. The van der Waals surface area contributed by atoms with Crippen molar-refractivity contribution in [1.29, 1.82) is 0 Å². The van der Waals surface area contributed by atoms with E-state index < -0.39 is 5.56 Å². The second kappa shape index (κ2) is 7.70. The Kier molecular flexibility index (Phi) is 5.24. The van der Waals surface area contributed by atoms with E-state index in [0.29, 0.717) is 38.6 Å². The number of hydrogen-bond acceptors (Lipinski definition) is 7. The maximum absolute atomic E-state index is 13.5. The minimum absolute atomic E-state index is 0.161. The van der Waals surface area contributed by atoms with Crippen LogP contribution in [0.25, 0.3) is 27.6 Å². The third-order valence-corrected chi connectivity index (χ3v) is 5.70. The number of fused-ring (bicyclic) bond motifs is 3. The number of thioether (sulfide) groups is 1. The monoisotopic (exact) mass is 448 g/mol. The standard InChI is InChI=1S/C19H14Cl2N4O3S/c1-27-11-7-12(28-2)14(21)16(13(11)20)25-17-9(5-4-6-22-17)15-10(18(25)26)8-23-19(24-15)29-3/h4-8H,1-3H3. The van der Waals surface area contributed by atoms with Gasteiger partial charge < -0.3 is 9.47 Å². The summed E-state index contributed by atoms with van der Waals surface area (Å²) in [6, 6.07) is 5.16. The lowest BCUT2D eigenvalue weighted by Crippen LogP contribution is -2.21. The number of benzene rings is 1. The van der Waals surface area contributed by atoms with Gasteiger partial charge in [-0.15, -0.1) is 0 Å². The second-order valence-electron chi connectivity index (χ2n) is 5.89. The molecule has 0 spiro atoms. The molecule has 0 aliphatic rings. The Hall–Kier alpha value is -2.55. The number of aromatic nitrogens is 4. The zero-order valence-electron chi connectivity index (χ0n) is 15.6. The van der Waals surface area contributed by atoms with E-state index in [1.165, 1.54) is 36.7 Å². The van der Waals surface area contributed by atoms with Gasteiger partial charge in [-0.1, -0.05) is 35.0 Å². The maximum Gasteiger partial charge on any atom is 0.267 e. The van der Waals surface area contributed by atoms with Crippen LogP contribution in [-0.4, -0.2) is 40.0 Å². The van der Waals surface area contributed by atoms with E-state index in [-0.39, 0.29) is 15.7 Å². The van der Waals surface area contributed by atoms with Gasteiger partial charge in [0.25, 0.3) is 5.56 Å². The van der Waals surface area contributed by atoms with Gasteiger partial charge in [0.05, 0.1) is 30.8 Å². The smallest absolute Gasteiger partial charge is 0.267 e. The van der Waals surface area contributed by atoms with Crippen LogP contribution >= 0.6 is 35.0 Å². The van der Waals surface area contributed by atoms with Gasteiger partial charge in [-0.25, -0.2) is 15.0 Å². The lowest BCUT2D eigenvalue weighted by molar-refractivity contribution is 0.394. The highest BCUT2D eigenvalue weighted by Gasteiger charge is 2.23. The average molecular weight is 449 g/mol. The van der Waals surface area contributed by atoms with Crippen LogP contribution in [-0.2, 0) is 0 Å². The summed E-state index contributed by atoms with van der Waals surface area (Å²) < 4.78 is 12.0. The molecule has 0 amide bonds. The van der Waals surface area contributed by atoms with Crippen molar-refractivity contribution in [3.63, 3.8) is 0 Å². The molecule has 7 nitrogen and oxygen atoms in total. The molecule has 29 heavy (non-hydrogen) atoms. The lowest BCUT2D eigenvalue weighted by atomic mass is 10.2. The molecule has 0 aliphatic heterocycles. The van der Waals surface area contributed by atoms with Crippen molar-refractivity contribution in [1.82, 2.24) is 19.5 Å². The average Bonchev–Trinajstić information content (AvgIpc) is 2.75. The van der Waals surface area contributed by atoms with E-state index in [2.05, 4.69) is 15.0 Å². The Bertz CT molecular complexity index is 1300. The molecule has 4 aromatic rings. The number of pyridine rings is 2. The summed E-state index contributed by atoms with van der Waals surface area (Å²) in [5.74, 6) is 0.626. The van der Waals surface area contributed by atoms with Crippen LogP contribution in [0, 0.1) is 0 Å². The first-order valence-corrected chi connectivity index (χ1v) is 10.3. The zero-order chi connectivity index (χ0) is 20.7. The number of nitrogens with zero attached hydrogens (tertiary/aromatic N) is 4. The summed E-state index contributed by atoms with van der Waals surface area (Å²) >= 11 is 14.5. The molecule has 0 N–H and O–H groups in total. The third-order valence-electron chi connectivity index (χ3n) is 4.41. The first-order valence-electron chi connectivity index (χ1n) is 8.32. The molecule has 0 unspecified atom stereocenters. The molecule has 0 atom stereocenters. The van der Waals surface area contributed by atoms with Crippen LogP contribution in [0.1, 0.15) is 0 Å². The predicted molar refractivity (Wildman–Crippen MR) is 115 cm³/mol. The summed E-state index contributed by atoms with van der Waals surface area (Å²) in [6.45, 7) is 0. The Balaban J connectivity index is 2.24. The molecular weight excluding hydrogens is 435 g/mol. The van der Waals surface area contributed by atoms with Crippen molar-refractivity contribution < 1.29 is 9.47 Å². The molecule has 3 heterocycles. The fraction of sp³-hybridized carbons (Fsp3) is 0.158. The first kappa shape index (κ1) is 19.8. The Morgan fingerprint density at radius 1 is 1.07 bits per heavy atom. The minimum Gasteiger partial charge on any atom is -0.495 e. The second-order valence-corrected chi connectivity index (χ2v) is 7.42. The lowest BCUT2D eigenvalue weighted by Gasteiger charge is -2.18. The topological polar surface area (TPSA) is 79.1 Å². The van der Waals surface area contributed by atoms with Gasteiger partial charge in [0, 0.05) is 23.8 Å². The van der Waals surface area contributed by atoms with E-state index in [1.807, 2.05) is 12.3 Å². The van der Waals surface area contributed by atoms with E-state index >= 15 is 0 Å². The van der Waals surface area contributed by atoms with E-state index in [9.17, 15) is 4.79 Å². The third kappa shape index (κ3) is 3.08. The van der Waals surface area contributed by atoms with Crippen molar-refractivity contribution in [2.75, 3.05) is 20.5 Å².